The van der Waals surface area contributed by atoms with Gasteiger partial charge in [0.25, 0.3) is 5.91 Å². The molecule has 0 bridgehead atoms. The number of aromatic nitrogens is 2. The van der Waals surface area contributed by atoms with Crippen LogP contribution in [0.2, 0.25) is 0 Å². The number of hydrogen-bond acceptors (Lipinski definition) is 3. The first-order valence-corrected chi connectivity index (χ1v) is 12.4. The standard InChI is InChI=1S/C31H28N4O/c36-31(29-15-8-13-24-11-4-6-14-28(24)29)35-19-25-12-5-7-16-30(25)34(20-26-18-32-22-33-26)21-27(35)17-23-9-2-1-3-10-23/h1-16,18,22,27H,17,19-21H2,(H,32,33)/t27-/m0/s1. The molecule has 0 radical (unpaired) electrons. The monoisotopic (exact) mass is 472 g/mol. The molecule has 1 aromatic heterocycles. The van der Waals surface area contributed by atoms with Crippen LogP contribution < -0.4 is 4.90 Å². The Hall–Kier alpha value is -4.38. The van der Waals surface area contributed by atoms with Crippen molar-refractivity contribution in [2.24, 2.45) is 0 Å². The van der Waals surface area contributed by atoms with Crippen LogP contribution in [0.1, 0.15) is 27.2 Å². The number of aromatic amines is 1. The van der Waals surface area contributed by atoms with Gasteiger partial charge in [-0.15, -0.1) is 0 Å². The van der Waals surface area contributed by atoms with Gasteiger partial charge in [0.05, 0.1) is 24.6 Å². The molecule has 4 aromatic carbocycles. The zero-order valence-corrected chi connectivity index (χ0v) is 20.0. The van der Waals surface area contributed by atoms with Crippen LogP contribution in [0.5, 0.6) is 0 Å². The van der Waals surface area contributed by atoms with Crippen molar-refractivity contribution in [1.82, 2.24) is 14.9 Å². The SMILES string of the molecule is O=C(c1cccc2ccccc12)N1Cc2ccccc2N(Cc2c[nH]cn2)C[C@@H]1Cc1ccccc1. The zero-order valence-electron chi connectivity index (χ0n) is 20.0. The minimum atomic E-state index is -0.00906. The molecule has 6 rings (SSSR count). The first-order chi connectivity index (χ1) is 17.8. The number of hydrogen-bond donors (Lipinski definition) is 1. The van der Waals surface area contributed by atoms with E-state index in [1.165, 1.54) is 5.56 Å². The molecule has 0 unspecified atom stereocenters. The van der Waals surface area contributed by atoms with Crippen LogP contribution in [0.3, 0.4) is 0 Å². The third-order valence-corrected chi connectivity index (χ3v) is 7.05. The van der Waals surface area contributed by atoms with Crippen molar-refractivity contribution in [1.29, 1.82) is 0 Å². The van der Waals surface area contributed by atoms with E-state index in [1.807, 2.05) is 42.6 Å². The van der Waals surface area contributed by atoms with Gasteiger partial charge < -0.3 is 14.8 Å². The molecule has 0 saturated carbocycles. The van der Waals surface area contributed by atoms with Gasteiger partial charge in [0.2, 0.25) is 0 Å². The molecule has 2 heterocycles. The van der Waals surface area contributed by atoms with Crippen molar-refractivity contribution in [2.75, 3.05) is 11.4 Å². The number of amides is 1. The predicted octanol–water partition coefficient (Wildman–Crippen LogP) is 5.84. The second kappa shape index (κ2) is 9.70. The number of H-pyrrole nitrogens is 1. The van der Waals surface area contributed by atoms with Crippen molar-refractivity contribution in [3.63, 3.8) is 0 Å². The van der Waals surface area contributed by atoms with Crippen molar-refractivity contribution in [3.8, 4) is 0 Å². The van der Waals surface area contributed by atoms with Crippen LogP contribution in [-0.2, 0) is 19.5 Å². The number of carbonyl (C=O) groups is 1. The zero-order chi connectivity index (χ0) is 24.3. The largest absolute Gasteiger partial charge is 0.363 e. The lowest BCUT2D eigenvalue weighted by molar-refractivity contribution is 0.0673. The Kier molecular flexibility index (Phi) is 5.96. The highest BCUT2D eigenvalue weighted by molar-refractivity contribution is 6.07. The molecule has 5 aromatic rings. The summed E-state index contributed by atoms with van der Waals surface area (Å²) in [5, 5.41) is 2.08. The number of nitrogens with one attached hydrogen (secondary N) is 1. The molecule has 1 amide bonds. The maximum absolute atomic E-state index is 14.3. The van der Waals surface area contributed by atoms with Crippen molar-refractivity contribution < 1.29 is 4.79 Å². The van der Waals surface area contributed by atoms with Gasteiger partial charge in [0, 0.05) is 30.5 Å². The van der Waals surface area contributed by atoms with Gasteiger partial charge in [-0.05, 0) is 40.5 Å². The fourth-order valence-electron chi connectivity index (χ4n) is 5.30. The van der Waals surface area contributed by atoms with Gasteiger partial charge in [-0.1, -0.05) is 84.9 Å². The molecule has 1 N–H and O–H groups in total. The first-order valence-electron chi connectivity index (χ1n) is 12.4. The summed E-state index contributed by atoms with van der Waals surface area (Å²) in [6.07, 6.45) is 4.44. The van der Waals surface area contributed by atoms with E-state index in [4.69, 9.17) is 0 Å². The number of carbonyl (C=O) groups excluding carboxylic acids is 1. The van der Waals surface area contributed by atoms with Crippen molar-refractivity contribution in [2.45, 2.75) is 25.6 Å². The predicted molar refractivity (Wildman–Crippen MR) is 144 cm³/mol. The third kappa shape index (κ3) is 4.36. The third-order valence-electron chi connectivity index (χ3n) is 7.05. The summed E-state index contributed by atoms with van der Waals surface area (Å²) >= 11 is 0. The average Bonchev–Trinajstić information content (AvgIpc) is 3.39. The second-order valence-electron chi connectivity index (χ2n) is 9.37. The fraction of sp³-hybridized carbons (Fsp3) is 0.161. The van der Waals surface area contributed by atoms with Crippen LogP contribution in [0.4, 0.5) is 5.69 Å². The van der Waals surface area contributed by atoms with E-state index in [0.717, 1.165) is 46.2 Å². The molecular weight excluding hydrogens is 444 g/mol. The quantitative estimate of drug-likeness (QED) is 0.350. The Morgan fingerprint density at radius 3 is 2.53 bits per heavy atom. The summed E-state index contributed by atoms with van der Waals surface area (Å²) < 4.78 is 0. The van der Waals surface area contributed by atoms with Gasteiger partial charge in [-0.3, -0.25) is 4.79 Å². The molecule has 178 valence electrons. The lowest BCUT2D eigenvalue weighted by atomic mass is 10.00. The van der Waals surface area contributed by atoms with Crippen LogP contribution >= 0.6 is 0 Å². The molecule has 1 atom stereocenters. The Balaban J connectivity index is 1.43. The Labute approximate surface area is 211 Å². The smallest absolute Gasteiger partial charge is 0.255 e. The molecule has 1 aliphatic rings. The van der Waals surface area contributed by atoms with E-state index in [1.54, 1.807) is 6.33 Å². The van der Waals surface area contributed by atoms with Gasteiger partial charge in [0.1, 0.15) is 0 Å². The van der Waals surface area contributed by atoms with Crippen molar-refractivity contribution in [3.05, 3.63) is 132 Å². The molecule has 36 heavy (non-hydrogen) atoms. The Bertz CT molecular complexity index is 1470. The van der Waals surface area contributed by atoms with Gasteiger partial charge in [-0.25, -0.2) is 4.98 Å². The van der Waals surface area contributed by atoms with Crippen LogP contribution in [0.25, 0.3) is 10.8 Å². The van der Waals surface area contributed by atoms with Crippen LogP contribution in [0, 0.1) is 0 Å². The molecule has 0 fully saturated rings. The van der Waals surface area contributed by atoms with E-state index in [2.05, 4.69) is 80.4 Å². The summed E-state index contributed by atoms with van der Waals surface area (Å²) in [6, 6.07) is 33.0. The van der Waals surface area contributed by atoms with Gasteiger partial charge in [0.15, 0.2) is 0 Å². The molecule has 1 aliphatic heterocycles. The first kappa shape index (κ1) is 22.1. The number of nitrogens with zero attached hydrogens (tertiary/aromatic N) is 3. The minimum Gasteiger partial charge on any atom is -0.363 e. The molecular formula is C31H28N4O. The second-order valence-corrected chi connectivity index (χ2v) is 9.37. The summed E-state index contributed by atoms with van der Waals surface area (Å²) in [7, 11) is 0. The molecule has 0 aliphatic carbocycles. The molecule has 0 spiro atoms. The highest BCUT2D eigenvalue weighted by Crippen LogP contribution is 2.31. The Morgan fingerprint density at radius 1 is 0.889 bits per heavy atom. The number of para-hydroxylation sites is 1. The average molecular weight is 473 g/mol. The maximum Gasteiger partial charge on any atom is 0.255 e. The summed E-state index contributed by atoms with van der Waals surface area (Å²) in [4.78, 5) is 26.3. The maximum atomic E-state index is 14.3. The number of benzene rings is 4. The number of rotatable bonds is 5. The fourth-order valence-corrected chi connectivity index (χ4v) is 5.30. The number of fused-ring (bicyclic) bond motifs is 2. The minimum absolute atomic E-state index is 0.00906. The lowest BCUT2D eigenvalue weighted by Gasteiger charge is -2.33. The normalized spacial score (nSPS) is 15.5. The van der Waals surface area contributed by atoms with E-state index in [0.29, 0.717) is 13.1 Å². The number of imidazole rings is 1. The highest BCUT2D eigenvalue weighted by atomic mass is 16.2. The lowest BCUT2D eigenvalue weighted by Crippen LogP contribution is -2.45. The van der Waals surface area contributed by atoms with Gasteiger partial charge >= 0.3 is 0 Å². The number of anilines is 1. The summed E-state index contributed by atoms with van der Waals surface area (Å²) in [5.41, 5.74) is 5.27. The molecule has 5 nitrogen and oxygen atoms in total. The van der Waals surface area contributed by atoms with Crippen LogP contribution in [-0.4, -0.2) is 33.4 Å². The van der Waals surface area contributed by atoms with Gasteiger partial charge in [-0.2, -0.15) is 0 Å². The summed E-state index contributed by atoms with van der Waals surface area (Å²) in [6.45, 7) is 1.96. The molecule has 0 saturated heterocycles. The summed E-state index contributed by atoms with van der Waals surface area (Å²) in [5.74, 6) is 0.0733. The highest BCUT2D eigenvalue weighted by Gasteiger charge is 2.32. The topological polar surface area (TPSA) is 52.2 Å². The van der Waals surface area contributed by atoms with E-state index in [9.17, 15) is 4.79 Å². The molecule has 5 heteroatoms. The van der Waals surface area contributed by atoms with Crippen LogP contribution in [0.15, 0.2) is 110 Å². The Morgan fingerprint density at radius 2 is 1.67 bits per heavy atom. The van der Waals surface area contributed by atoms with E-state index >= 15 is 0 Å². The van der Waals surface area contributed by atoms with E-state index in [-0.39, 0.29) is 11.9 Å². The van der Waals surface area contributed by atoms with E-state index < -0.39 is 0 Å². The van der Waals surface area contributed by atoms with Crippen molar-refractivity contribution >= 4 is 22.4 Å².